The molecule has 0 saturated carbocycles. The normalized spacial score (nSPS) is 16.2. The maximum atomic E-state index is 11.4. The van der Waals surface area contributed by atoms with Crippen LogP contribution in [0.3, 0.4) is 0 Å². The minimum atomic E-state index is -0.993. The van der Waals surface area contributed by atoms with Crippen molar-refractivity contribution in [3.8, 4) is 0 Å². The second kappa shape index (κ2) is 6.58. The van der Waals surface area contributed by atoms with Crippen LogP contribution in [0.15, 0.2) is 23.2 Å². The van der Waals surface area contributed by atoms with Crippen LogP contribution in [0.2, 0.25) is 0 Å². The minimum Gasteiger partial charge on any atom is -0.478 e. The second-order valence-electron chi connectivity index (χ2n) is 4.31. The van der Waals surface area contributed by atoms with Gasteiger partial charge in [-0.25, -0.2) is 9.79 Å². The van der Waals surface area contributed by atoms with Crippen LogP contribution in [0.25, 0.3) is 0 Å². The molecule has 7 heteroatoms. The molecule has 0 aromatic heterocycles. The summed E-state index contributed by atoms with van der Waals surface area (Å²) in [6.45, 7) is 2.35. The number of nitrogens with zero attached hydrogens (tertiary/aromatic N) is 2. The highest BCUT2D eigenvalue weighted by molar-refractivity contribution is 6.28. The number of carbonyl (C=O) groups is 1. The molecule has 2 rings (SSSR count). The molecule has 0 spiro atoms. The van der Waals surface area contributed by atoms with Gasteiger partial charge in [-0.1, -0.05) is 6.07 Å². The fraction of sp³-hybridized carbons (Fsp3) is 0.385. The minimum absolute atomic E-state index is 0.0971. The van der Waals surface area contributed by atoms with Crippen LogP contribution < -0.4 is 10.6 Å². The lowest BCUT2D eigenvalue weighted by Gasteiger charge is -2.30. The van der Waals surface area contributed by atoms with Crippen LogP contribution in [-0.2, 0) is 4.74 Å². The molecular formula is C13H16ClN3O3. The van der Waals surface area contributed by atoms with Gasteiger partial charge in [0.15, 0.2) is 0 Å². The number of amidine groups is 1. The van der Waals surface area contributed by atoms with E-state index in [1.165, 1.54) is 0 Å². The first-order chi connectivity index (χ1) is 9.63. The van der Waals surface area contributed by atoms with E-state index in [1.807, 2.05) is 4.90 Å². The summed E-state index contributed by atoms with van der Waals surface area (Å²) in [5.74, 6) is -0.642. The van der Waals surface area contributed by atoms with Crippen molar-refractivity contribution in [2.24, 2.45) is 10.7 Å². The number of nitrogens with two attached hydrogens (primary N) is 1. The number of hydrogen-bond acceptors (Lipinski definition) is 4. The maximum Gasteiger partial charge on any atom is 0.337 e. The largest absolute Gasteiger partial charge is 0.478 e. The molecule has 1 aliphatic heterocycles. The molecule has 1 fully saturated rings. The van der Waals surface area contributed by atoms with E-state index >= 15 is 0 Å². The van der Waals surface area contributed by atoms with E-state index in [2.05, 4.69) is 4.99 Å². The molecule has 108 valence electrons. The average molecular weight is 298 g/mol. The number of aliphatic imine (C=N–C) groups is 1. The molecule has 0 aliphatic carbocycles. The van der Waals surface area contributed by atoms with Crippen molar-refractivity contribution in [1.82, 2.24) is 0 Å². The van der Waals surface area contributed by atoms with E-state index in [9.17, 15) is 9.90 Å². The molecule has 1 saturated heterocycles. The van der Waals surface area contributed by atoms with Crippen molar-refractivity contribution in [3.05, 3.63) is 23.8 Å². The topological polar surface area (TPSA) is 88.1 Å². The monoisotopic (exact) mass is 297 g/mol. The standard InChI is InChI=1S/C13H16ClN3O3/c14-8-11(15)16-10-3-1-2-9(13(18)19)12(10)17-4-6-20-7-5-17/h1-3H,4-8H2,(H2,15,16)(H,18,19). The van der Waals surface area contributed by atoms with E-state index in [-0.39, 0.29) is 17.3 Å². The number of halogens is 1. The Morgan fingerprint density at radius 3 is 2.75 bits per heavy atom. The lowest BCUT2D eigenvalue weighted by molar-refractivity contribution is 0.0696. The first-order valence-corrected chi connectivity index (χ1v) is 6.75. The van der Waals surface area contributed by atoms with E-state index in [1.54, 1.807) is 18.2 Å². The number of carboxylic acid groups (broad SMARTS) is 1. The SMILES string of the molecule is NC(CCl)=Nc1cccc(C(=O)O)c1N1CCOCC1. The van der Waals surface area contributed by atoms with E-state index in [0.29, 0.717) is 37.7 Å². The van der Waals surface area contributed by atoms with Crippen molar-refractivity contribution in [3.63, 3.8) is 0 Å². The Bertz CT molecular complexity index is 528. The van der Waals surface area contributed by atoms with Gasteiger partial charge in [-0.05, 0) is 12.1 Å². The highest BCUT2D eigenvalue weighted by Gasteiger charge is 2.21. The number of anilines is 1. The van der Waals surface area contributed by atoms with Crippen LogP contribution in [0, 0.1) is 0 Å². The predicted molar refractivity (Wildman–Crippen MR) is 78.4 cm³/mol. The van der Waals surface area contributed by atoms with Crippen molar-refractivity contribution >= 4 is 34.8 Å². The molecule has 1 aromatic carbocycles. The van der Waals surface area contributed by atoms with E-state index in [0.717, 1.165) is 0 Å². The summed E-state index contributed by atoms with van der Waals surface area (Å²) in [6, 6.07) is 4.94. The number of carboxylic acids is 1. The predicted octanol–water partition coefficient (Wildman–Crippen LogP) is 1.45. The lowest BCUT2D eigenvalue weighted by atomic mass is 10.1. The number of aromatic carboxylic acids is 1. The van der Waals surface area contributed by atoms with Crippen molar-refractivity contribution < 1.29 is 14.6 Å². The molecular weight excluding hydrogens is 282 g/mol. The molecule has 0 amide bonds. The van der Waals surface area contributed by atoms with E-state index in [4.69, 9.17) is 22.1 Å². The number of para-hydroxylation sites is 1. The van der Waals surface area contributed by atoms with Gasteiger partial charge in [-0.3, -0.25) is 0 Å². The highest BCUT2D eigenvalue weighted by Crippen LogP contribution is 2.33. The maximum absolute atomic E-state index is 11.4. The molecule has 20 heavy (non-hydrogen) atoms. The Labute approximate surface area is 121 Å². The van der Waals surface area contributed by atoms with Gasteiger partial charge in [0.2, 0.25) is 0 Å². The summed E-state index contributed by atoms with van der Waals surface area (Å²) in [4.78, 5) is 17.6. The zero-order chi connectivity index (χ0) is 14.5. The van der Waals surface area contributed by atoms with Gasteiger partial charge >= 0.3 is 5.97 Å². The number of morpholine rings is 1. The summed E-state index contributed by atoms with van der Waals surface area (Å²) in [5.41, 5.74) is 6.95. The fourth-order valence-electron chi connectivity index (χ4n) is 2.10. The van der Waals surface area contributed by atoms with E-state index < -0.39 is 5.97 Å². The van der Waals surface area contributed by atoms with Crippen LogP contribution in [0.4, 0.5) is 11.4 Å². The van der Waals surface area contributed by atoms with Crippen molar-refractivity contribution in [2.75, 3.05) is 37.1 Å². The zero-order valence-electron chi connectivity index (χ0n) is 10.9. The van der Waals surface area contributed by atoms with Crippen molar-refractivity contribution in [1.29, 1.82) is 0 Å². The summed E-state index contributed by atoms with van der Waals surface area (Å²) in [5, 5.41) is 9.35. The average Bonchev–Trinajstić information content (AvgIpc) is 2.47. The Morgan fingerprint density at radius 1 is 1.45 bits per heavy atom. The number of ether oxygens (including phenoxy) is 1. The third-order valence-corrected chi connectivity index (χ3v) is 3.25. The Kier molecular flexibility index (Phi) is 4.81. The quantitative estimate of drug-likeness (QED) is 0.499. The van der Waals surface area contributed by atoms with Gasteiger partial charge in [-0.2, -0.15) is 0 Å². The number of alkyl halides is 1. The van der Waals surface area contributed by atoms with Gasteiger partial charge in [-0.15, -0.1) is 11.6 Å². The molecule has 1 heterocycles. The zero-order valence-corrected chi connectivity index (χ0v) is 11.6. The van der Waals surface area contributed by atoms with Crippen LogP contribution in [0.1, 0.15) is 10.4 Å². The number of hydrogen-bond donors (Lipinski definition) is 2. The fourth-order valence-corrected chi connectivity index (χ4v) is 2.16. The van der Waals surface area contributed by atoms with Gasteiger partial charge in [0.25, 0.3) is 0 Å². The highest BCUT2D eigenvalue weighted by atomic mass is 35.5. The Balaban J connectivity index is 2.50. The van der Waals surface area contributed by atoms with Crippen molar-refractivity contribution in [2.45, 2.75) is 0 Å². The first-order valence-electron chi connectivity index (χ1n) is 6.21. The molecule has 0 radical (unpaired) electrons. The van der Waals surface area contributed by atoms with Crippen LogP contribution in [-0.4, -0.2) is 49.1 Å². The number of rotatable bonds is 4. The molecule has 3 N–H and O–H groups in total. The second-order valence-corrected chi connectivity index (χ2v) is 4.58. The van der Waals surface area contributed by atoms with Crippen LogP contribution >= 0.6 is 11.6 Å². The molecule has 1 aliphatic rings. The van der Waals surface area contributed by atoms with Crippen LogP contribution in [0.5, 0.6) is 0 Å². The summed E-state index contributed by atoms with van der Waals surface area (Å²) < 4.78 is 5.29. The molecule has 0 atom stereocenters. The van der Waals surface area contributed by atoms with Gasteiger partial charge in [0, 0.05) is 13.1 Å². The summed E-state index contributed by atoms with van der Waals surface area (Å²) in [7, 11) is 0. The van der Waals surface area contributed by atoms with Gasteiger partial charge in [0.05, 0.1) is 36.0 Å². The third kappa shape index (κ3) is 3.20. The molecule has 1 aromatic rings. The number of benzene rings is 1. The van der Waals surface area contributed by atoms with Gasteiger partial charge < -0.3 is 20.5 Å². The smallest absolute Gasteiger partial charge is 0.337 e. The first kappa shape index (κ1) is 14.6. The van der Waals surface area contributed by atoms with Gasteiger partial charge in [0.1, 0.15) is 5.84 Å². The Hall–Kier alpha value is -1.79. The third-order valence-electron chi connectivity index (χ3n) is 2.97. The molecule has 6 nitrogen and oxygen atoms in total. The molecule has 0 unspecified atom stereocenters. The summed E-state index contributed by atoms with van der Waals surface area (Å²) >= 11 is 5.64. The molecule has 0 bridgehead atoms. The lowest BCUT2D eigenvalue weighted by Crippen LogP contribution is -2.37. The summed E-state index contributed by atoms with van der Waals surface area (Å²) in [6.07, 6.45) is 0. The Morgan fingerprint density at radius 2 is 2.15 bits per heavy atom.